The third-order valence-electron chi connectivity index (χ3n) is 36.4. The fourth-order valence-corrected chi connectivity index (χ4v) is 29.3. The second-order valence-electron chi connectivity index (χ2n) is 46.6. The molecule has 16 aromatic rings. The number of rotatable bonds is 36. The van der Waals surface area contributed by atoms with E-state index in [-0.39, 0.29) is 35.1 Å². The van der Waals surface area contributed by atoms with Crippen LogP contribution < -0.4 is 32.8 Å². The van der Waals surface area contributed by atoms with Crippen molar-refractivity contribution in [1.82, 2.24) is 4.57 Å². The Morgan fingerprint density at radius 1 is 0.210 bits per heavy atom. The zero-order chi connectivity index (χ0) is 98.8. The molecule has 0 saturated heterocycles. The average molecular weight is 1870 g/mol. The SMILES string of the molecule is CCCCCCCCC1(CCCCCCCC)c2ccccc2-c2ccc(-c3ccc4c(c3)C(C)(C)c3cc(-c5cc(C)c(-c6cc7c8c(c6)c6cc(-c9cc(C)c(-c%10ccc%11c(c%10)C(C)(C)c%10cc(-c%12ccc%13c(c%12)C(CCCCCCCC)(CCCCCCCC)c%12ccccc%12-%13)ccc%10-%11)cc9C)cc9c6n8-c6c(cccc6B9c6c(C)cc(C)cc6C)B7c6c(C)cc(C)cc6C)cc5C)ccc3-4)cc21. The number of hydrogen-bond donors (Lipinski definition) is 0. The Labute approximate surface area is 858 Å². The fourth-order valence-electron chi connectivity index (χ4n) is 29.3. The third-order valence-corrected chi connectivity index (χ3v) is 36.4. The van der Waals surface area contributed by atoms with Crippen LogP contribution in [0.4, 0.5) is 0 Å². The molecule has 722 valence electrons. The normalized spacial score (nSPS) is 14.5. The average Bonchev–Trinajstić information content (AvgIpc) is 1.52. The number of unbranched alkanes of at least 4 members (excludes halogenated alkanes) is 20. The minimum Gasteiger partial charge on any atom is -0.311 e. The molecule has 0 bridgehead atoms. The first kappa shape index (κ1) is 96.0. The topological polar surface area (TPSA) is 4.93 Å². The summed E-state index contributed by atoms with van der Waals surface area (Å²) in [6.07, 6.45) is 36.6. The van der Waals surface area contributed by atoms with Gasteiger partial charge in [-0.15, -0.1) is 0 Å². The van der Waals surface area contributed by atoms with Crippen LogP contribution in [-0.4, -0.2) is 18.0 Å². The molecule has 1 nitrogen and oxygen atoms in total. The van der Waals surface area contributed by atoms with E-state index in [0.717, 1.165) is 0 Å². The van der Waals surface area contributed by atoms with Crippen molar-refractivity contribution in [2.45, 2.75) is 326 Å². The highest BCUT2D eigenvalue weighted by atomic mass is 15.0. The Kier molecular flexibility index (Phi) is 26.0. The number of nitrogens with zero attached hydrogens (tertiary/aromatic N) is 1. The molecule has 0 N–H and O–H groups in total. The van der Waals surface area contributed by atoms with Gasteiger partial charge in [-0.3, -0.25) is 0 Å². The molecular formula is C140H151B2N. The van der Waals surface area contributed by atoms with Gasteiger partial charge >= 0.3 is 0 Å². The lowest BCUT2D eigenvalue weighted by molar-refractivity contribution is 0.398. The van der Waals surface area contributed by atoms with Crippen molar-refractivity contribution in [1.29, 1.82) is 0 Å². The molecule has 3 heteroatoms. The van der Waals surface area contributed by atoms with Crippen LogP contribution >= 0.6 is 0 Å². The van der Waals surface area contributed by atoms with E-state index in [4.69, 9.17) is 0 Å². The van der Waals surface area contributed by atoms with Crippen molar-refractivity contribution in [3.05, 3.63) is 349 Å². The number of aromatic nitrogens is 1. The van der Waals surface area contributed by atoms with E-state index in [2.05, 4.69) is 378 Å². The molecule has 0 atom stereocenters. The molecule has 0 amide bonds. The van der Waals surface area contributed by atoms with Crippen molar-refractivity contribution in [2.24, 2.45) is 0 Å². The molecule has 6 aliphatic rings. The first-order chi connectivity index (χ1) is 69.4. The summed E-state index contributed by atoms with van der Waals surface area (Å²) < 4.78 is 2.78. The maximum Gasteiger partial charge on any atom is 0.247 e. The maximum absolute atomic E-state index is 2.78. The van der Waals surface area contributed by atoms with Crippen LogP contribution in [0.25, 0.3) is 139 Å². The number of benzene rings is 15. The Balaban J connectivity index is 0.622. The summed E-state index contributed by atoms with van der Waals surface area (Å²) in [5.41, 5.74) is 64.2. The van der Waals surface area contributed by atoms with Crippen LogP contribution in [0.15, 0.2) is 249 Å². The van der Waals surface area contributed by atoms with E-state index in [1.807, 2.05) is 0 Å². The Morgan fingerprint density at radius 2 is 0.476 bits per heavy atom. The lowest BCUT2D eigenvalue weighted by Gasteiger charge is -2.36. The second kappa shape index (κ2) is 38.6. The van der Waals surface area contributed by atoms with E-state index in [9.17, 15) is 0 Å². The zero-order valence-electron chi connectivity index (χ0n) is 89.6. The van der Waals surface area contributed by atoms with Crippen molar-refractivity contribution in [3.8, 4) is 117 Å². The predicted molar refractivity (Wildman–Crippen MR) is 622 cm³/mol. The molecule has 0 radical (unpaired) electrons. The summed E-state index contributed by atoms with van der Waals surface area (Å²) in [4.78, 5) is 0. The summed E-state index contributed by atoms with van der Waals surface area (Å²) >= 11 is 0. The fraction of sp³-hybridized carbons (Fsp3) is 0.357. The maximum atomic E-state index is 2.78. The van der Waals surface area contributed by atoms with E-state index in [1.54, 1.807) is 22.3 Å². The van der Waals surface area contributed by atoms with E-state index in [0.29, 0.717) is 0 Å². The minimum absolute atomic E-state index is 0.0177. The minimum atomic E-state index is -0.221. The van der Waals surface area contributed by atoms with Gasteiger partial charge in [0, 0.05) is 49.2 Å². The Hall–Kier alpha value is -11.8. The largest absolute Gasteiger partial charge is 0.311 e. The van der Waals surface area contributed by atoms with Crippen LogP contribution in [0.2, 0.25) is 0 Å². The highest BCUT2D eigenvalue weighted by Gasteiger charge is 2.48. The van der Waals surface area contributed by atoms with Crippen molar-refractivity contribution >= 4 is 68.0 Å². The van der Waals surface area contributed by atoms with Gasteiger partial charge in [-0.05, 0) is 343 Å². The van der Waals surface area contributed by atoms with E-state index < -0.39 is 0 Å². The lowest BCUT2D eigenvalue weighted by Crippen LogP contribution is -2.64. The molecule has 3 heterocycles. The van der Waals surface area contributed by atoms with Gasteiger partial charge in [0.15, 0.2) is 0 Å². The highest BCUT2D eigenvalue weighted by molar-refractivity contribution is 7.02. The summed E-state index contributed by atoms with van der Waals surface area (Å²) in [7, 11) is 0. The molecule has 4 aliphatic carbocycles. The standard InChI is InChI=1S/C140H151B2N/c1-19-23-27-31-35-43-66-139(67-44-36-32-28-24-20-2)120-50-41-39-48-106(120)112-62-56-100(82-126(112)139)98-54-60-108-110-64-58-102(84-124(110)137(15,16)122(108)80-98)114-74-92(9)116(76-90(114)7)104-78-118-119-79-105(87-131-135(119)143-134(118)130(86-104)141(132-94(11)70-88(5)71-95(132)12)128-52-47-53-129(136(128)143)142(131)133-96(13)72-89(6)73-97(133)14)117-77-91(8)115(75-93(117)10)103-59-65-111-109-61-55-99(81-123(109)138(17,18)125(111)85-103)101-57-63-113-107-49-40-42-51-121(107)140(127(113)83-101,68-45-37-33-29-25-21-3)69-46-38-34-30-26-22-4/h39-42,47-65,70-87H,19-38,43-46,66-69H2,1-18H3. The number of hydrogen-bond acceptors (Lipinski definition) is 0. The Morgan fingerprint density at radius 3 is 0.797 bits per heavy atom. The molecule has 15 aromatic carbocycles. The van der Waals surface area contributed by atoms with Crippen molar-refractivity contribution in [2.75, 3.05) is 0 Å². The van der Waals surface area contributed by atoms with Crippen molar-refractivity contribution < 1.29 is 0 Å². The number of aryl methyl sites for hydroxylation is 10. The highest BCUT2D eigenvalue weighted by Crippen LogP contribution is 2.60. The first-order valence-electron chi connectivity index (χ1n) is 56.2. The Bertz CT molecular complexity index is 7200. The van der Waals surface area contributed by atoms with Gasteiger partial charge in [0.1, 0.15) is 0 Å². The number of fused-ring (bicyclic) bond motifs is 13. The van der Waals surface area contributed by atoms with E-state index in [1.165, 1.54) is 429 Å². The lowest BCUT2D eigenvalue weighted by atomic mass is 9.30. The summed E-state index contributed by atoms with van der Waals surface area (Å²) in [5, 5.41) is 2.65. The second-order valence-corrected chi connectivity index (χ2v) is 46.6. The quantitative estimate of drug-likeness (QED) is 0.0272. The molecule has 0 spiro atoms. The summed E-state index contributed by atoms with van der Waals surface area (Å²) in [6.45, 7) is 42.9. The monoisotopic (exact) mass is 1870 g/mol. The van der Waals surface area contributed by atoms with E-state index >= 15 is 0 Å². The van der Waals surface area contributed by atoms with Gasteiger partial charge in [0.2, 0.25) is 13.4 Å². The van der Waals surface area contributed by atoms with Crippen LogP contribution in [0.3, 0.4) is 0 Å². The van der Waals surface area contributed by atoms with Gasteiger partial charge < -0.3 is 4.57 Å². The van der Waals surface area contributed by atoms with Crippen LogP contribution in [0.1, 0.15) is 335 Å². The molecule has 2 aliphatic heterocycles. The first-order valence-corrected chi connectivity index (χ1v) is 56.2. The van der Waals surface area contributed by atoms with Crippen LogP contribution in [0, 0.1) is 69.2 Å². The van der Waals surface area contributed by atoms with Gasteiger partial charge in [0.25, 0.3) is 0 Å². The van der Waals surface area contributed by atoms with Gasteiger partial charge in [-0.2, -0.15) is 0 Å². The number of para-hydroxylation sites is 1. The molecule has 0 saturated carbocycles. The van der Waals surface area contributed by atoms with Gasteiger partial charge in [-0.1, -0.05) is 454 Å². The molecule has 143 heavy (non-hydrogen) atoms. The van der Waals surface area contributed by atoms with Gasteiger partial charge in [-0.25, -0.2) is 0 Å². The summed E-state index contributed by atoms with van der Waals surface area (Å²) in [5.74, 6) is 0. The third kappa shape index (κ3) is 16.3. The molecule has 0 fully saturated rings. The zero-order valence-corrected chi connectivity index (χ0v) is 89.6. The molecule has 1 aromatic heterocycles. The van der Waals surface area contributed by atoms with Crippen molar-refractivity contribution in [3.63, 3.8) is 0 Å². The predicted octanol–water partition coefficient (Wildman–Crippen LogP) is 35.7. The molecule has 0 unspecified atom stereocenters. The molecule has 22 rings (SSSR count). The smallest absolute Gasteiger partial charge is 0.247 e. The summed E-state index contributed by atoms with van der Waals surface area (Å²) in [6, 6.07) is 102. The van der Waals surface area contributed by atoms with Gasteiger partial charge in [0.05, 0.1) is 0 Å². The van der Waals surface area contributed by atoms with Crippen LogP contribution in [0.5, 0.6) is 0 Å². The van der Waals surface area contributed by atoms with Crippen LogP contribution in [-0.2, 0) is 21.7 Å². The molecular weight excluding hydrogens is 1720 g/mol.